The number of benzene rings is 2. The lowest BCUT2D eigenvalue weighted by Gasteiger charge is -2.34. The summed E-state index contributed by atoms with van der Waals surface area (Å²) in [5, 5.41) is 2.89. The number of carbonyl (C=O) groups is 2. The highest BCUT2D eigenvalue weighted by Gasteiger charge is 2.23. The first-order valence-corrected chi connectivity index (χ1v) is 13.1. The molecule has 1 fully saturated rings. The van der Waals surface area contributed by atoms with Gasteiger partial charge in [0.1, 0.15) is 0 Å². The van der Waals surface area contributed by atoms with Crippen LogP contribution < -0.4 is 10.0 Å². The molecule has 0 saturated carbocycles. The summed E-state index contributed by atoms with van der Waals surface area (Å²) in [5.41, 5.74) is 2.97. The predicted molar refractivity (Wildman–Crippen MR) is 133 cm³/mol. The van der Waals surface area contributed by atoms with Gasteiger partial charge in [-0.3, -0.25) is 14.5 Å². The van der Waals surface area contributed by atoms with Gasteiger partial charge in [0.15, 0.2) is 0 Å². The molecule has 9 heteroatoms. The largest absolute Gasteiger partial charge is 0.340 e. The Labute approximate surface area is 202 Å². The van der Waals surface area contributed by atoms with Gasteiger partial charge in [-0.2, -0.15) is 0 Å². The minimum atomic E-state index is -3.65. The number of hydrogen-bond donors (Lipinski definition) is 2. The van der Waals surface area contributed by atoms with Crippen molar-refractivity contribution in [2.75, 3.05) is 44.6 Å². The SMILES string of the molecule is Cc1ccc(NC(=O)CN2CCN(C(=O)CCNS(=O)(=O)c3ccc(C(C)C)cc3)CC2)cc1. The van der Waals surface area contributed by atoms with E-state index in [0.717, 1.165) is 16.8 Å². The molecule has 2 aromatic rings. The van der Waals surface area contributed by atoms with Crippen LogP contribution in [0.4, 0.5) is 5.69 Å². The van der Waals surface area contributed by atoms with Crippen LogP contribution in [-0.4, -0.2) is 69.3 Å². The van der Waals surface area contributed by atoms with Crippen LogP contribution in [0.25, 0.3) is 0 Å². The van der Waals surface area contributed by atoms with Crippen LogP contribution in [0.15, 0.2) is 53.4 Å². The Morgan fingerprint density at radius 3 is 2.15 bits per heavy atom. The van der Waals surface area contributed by atoms with Gasteiger partial charge in [-0.25, -0.2) is 13.1 Å². The van der Waals surface area contributed by atoms with Crippen molar-refractivity contribution in [2.45, 2.75) is 38.0 Å². The first kappa shape index (κ1) is 25.9. The number of nitrogens with one attached hydrogen (secondary N) is 2. The summed E-state index contributed by atoms with van der Waals surface area (Å²) >= 11 is 0. The van der Waals surface area contributed by atoms with E-state index in [1.54, 1.807) is 17.0 Å². The molecular formula is C25H34N4O4S. The highest BCUT2D eigenvalue weighted by Crippen LogP contribution is 2.17. The number of sulfonamides is 1. The molecule has 2 aromatic carbocycles. The van der Waals surface area contributed by atoms with Gasteiger partial charge in [0, 0.05) is 44.8 Å². The smallest absolute Gasteiger partial charge is 0.240 e. The third kappa shape index (κ3) is 7.38. The van der Waals surface area contributed by atoms with Gasteiger partial charge in [-0.1, -0.05) is 43.7 Å². The average Bonchev–Trinajstić information content (AvgIpc) is 2.81. The van der Waals surface area contributed by atoms with E-state index in [0.29, 0.717) is 32.1 Å². The number of amides is 2. The molecule has 0 spiro atoms. The first-order valence-electron chi connectivity index (χ1n) is 11.6. The number of aryl methyl sites for hydroxylation is 1. The molecule has 2 amide bonds. The topological polar surface area (TPSA) is 98.8 Å². The maximum atomic E-state index is 12.5. The summed E-state index contributed by atoms with van der Waals surface area (Å²) in [6, 6.07) is 14.4. The van der Waals surface area contributed by atoms with Gasteiger partial charge in [-0.05, 0) is 42.7 Å². The molecule has 0 aromatic heterocycles. The van der Waals surface area contributed by atoms with Gasteiger partial charge in [0.2, 0.25) is 21.8 Å². The van der Waals surface area contributed by atoms with Crippen LogP contribution in [0.5, 0.6) is 0 Å². The molecule has 1 heterocycles. The Morgan fingerprint density at radius 1 is 0.941 bits per heavy atom. The number of carbonyl (C=O) groups excluding carboxylic acids is 2. The number of piperazine rings is 1. The summed E-state index contributed by atoms with van der Waals surface area (Å²) in [5.74, 6) is 0.145. The number of hydrogen-bond acceptors (Lipinski definition) is 5. The molecular weight excluding hydrogens is 452 g/mol. The van der Waals surface area contributed by atoms with Gasteiger partial charge < -0.3 is 10.2 Å². The molecule has 0 radical (unpaired) electrons. The molecule has 0 bridgehead atoms. The Balaban J connectivity index is 1.38. The molecule has 3 rings (SSSR count). The lowest BCUT2D eigenvalue weighted by molar-refractivity contribution is -0.132. The molecule has 34 heavy (non-hydrogen) atoms. The zero-order valence-corrected chi connectivity index (χ0v) is 20.9. The van der Waals surface area contributed by atoms with E-state index in [9.17, 15) is 18.0 Å². The third-order valence-electron chi connectivity index (χ3n) is 5.92. The summed E-state index contributed by atoms with van der Waals surface area (Å²) < 4.78 is 27.5. The van der Waals surface area contributed by atoms with Crippen molar-refractivity contribution in [1.82, 2.24) is 14.5 Å². The fourth-order valence-corrected chi connectivity index (χ4v) is 4.79. The molecule has 1 aliphatic heterocycles. The second kappa shape index (κ2) is 11.6. The van der Waals surface area contributed by atoms with Crippen molar-refractivity contribution in [3.05, 3.63) is 59.7 Å². The van der Waals surface area contributed by atoms with Crippen LogP contribution in [0.3, 0.4) is 0 Å². The average molecular weight is 487 g/mol. The van der Waals surface area contributed by atoms with Crippen LogP contribution in [0, 0.1) is 6.92 Å². The predicted octanol–water partition coefficient (Wildman–Crippen LogP) is 2.57. The lowest BCUT2D eigenvalue weighted by Crippen LogP contribution is -2.50. The van der Waals surface area contributed by atoms with Gasteiger partial charge in [-0.15, -0.1) is 0 Å². The molecule has 0 aliphatic carbocycles. The summed E-state index contributed by atoms with van der Waals surface area (Å²) in [7, 11) is -3.65. The Kier molecular flexibility index (Phi) is 8.82. The van der Waals surface area contributed by atoms with Crippen LogP contribution >= 0.6 is 0 Å². The van der Waals surface area contributed by atoms with Crippen molar-refractivity contribution >= 4 is 27.5 Å². The molecule has 0 unspecified atom stereocenters. The minimum Gasteiger partial charge on any atom is -0.340 e. The van der Waals surface area contributed by atoms with Crippen LogP contribution in [0.1, 0.15) is 37.3 Å². The fraction of sp³-hybridized carbons (Fsp3) is 0.440. The number of anilines is 1. The van der Waals surface area contributed by atoms with Crippen molar-refractivity contribution in [1.29, 1.82) is 0 Å². The van der Waals surface area contributed by atoms with E-state index in [2.05, 4.69) is 10.0 Å². The highest BCUT2D eigenvalue weighted by molar-refractivity contribution is 7.89. The molecule has 184 valence electrons. The van der Waals surface area contributed by atoms with E-state index in [4.69, 9.17) is 0 Å². The summed E-state index contributed by atoms with van der Waals surface area (Å²) in [6.45, 7) is 8.63. The van der Waals surface area contributed by atoms with E-state index >= 15 is 0 Å². The van der Waals surface area contributed by atoms with Gasteiger partial charge >= 0.3 is 0 Å². The van der Waals surface area contributed by atoms with Gasteiger partial charge in [0.05, 0.1) is 11.4 Å². The number of rotatable bonds is 9. The molecule has 1 aliphatic rings. The second-order valence-corrected chi connectivity index (χ2v) is 10.7. The zero-order chi connectivity index (χ0) is 24.7. The highest BCUT2D eigenvalue weighted by atomic mass is 32.2. The Hall–Kier alpha value is -2.75. The molecule has 1 saturated heterocycles. The maximum absolute atomic E-state index is 12.5. The molecule has 0 atom stereocenters. The minimum absolute atomic E-state index is 0.0479. The summed E-state index contributed by atoms with van der Waals surface area (Å²) in [6.07, 6.45) is 0.0945. The van der Waals surface area contributed by atoms with E-state index < -0.39 is 10.0 Å². The fourth-order valence-electron chi connectivity index (χ4n) is 3.76. The third-order valence-corrected chi connectivity index (χ3v) is 7.39. The lowest BCUT2D eigenvalue weighted by atomic mass is 10.0. The first-order chi connectivity index (χ1) is 16.1. The molecule has 2 N–H and O–H groups in total. The van der Waals surface area contributed by atoms with E-state index in [1.165, 1.54) is 0 Å². The monoisotopic (exact) mass is 486 g/mol. The van der Waals surface area contributed by atoms with Crippen molar-refractivity contribution < 1.29 is 18.0 Å². The Morgan fingerprint density at radius 2 is 1.56 bits per heavy atom. The van der Waals surface area contributed by atoms with Crippen molar-refractivity contribution in [3.8, 4) is 0 Å². The van der Waals surface area contributed by atoms with E-state index in [1.807, 2.05) is 62.1 Å². The van der Waals surface area contributed by atoms with Crippen molar-refractivity contribution in [2.24, 2.45) is 0 Å². The second-order valence-electron chi connectivity index (χ2n) is 8.94. The Bertz CT molecular complexity index is 1070. The van der Waals surface area contributed by atoms with Crippen LogP contribution in [-0.2, 0) is 19.6 Å². The summed E-state index contributed by atoms with van der Waals surface area (Å²) in [4.78, 5) is 28.7. The molecule has 8 nitrogen and oxygen atoms in total. The van der Waals surface area contributed by atoms with E-state index in [-0.39, 0.29) is 36.2 Å². The quantitative estimate of drug-likeness (QED) is 0.568. The van der Waals surface area contributed by atoms with Crippen molar-refractivity contribution in [3.63, 3.8) is 0 Å². The zero-order valence-electron chi connectivity index (χ0n) is 20.1. The standard InChI is InChI=1S/C25H34N4O4S/c1-19(2)21-6-10-23(11-7-21)34(32,33)26-13-12-25(31)29-16-14-28(15-17-29)18-24(30)27-22-8-4-20(3)5-9-22/h4-11,19,26H,12-18H2,1-3H3,(H,27,30). The van der Waals surface area contributed by atoms with Crippen LogP contribution in [0.2, 0.25) is 0 Å². The van der Waals surface area contributed by atoms with Gasteiger partial charge in [0.25, 0.3) is 0 Å². The normalized spacial score (nSPS) is 14.9. The maximum Gasteiger partial charge on any atom is 0.240 e. The number of nitrogens with zero attached hydrogens (tertiary/aromatic N) is 2.